The molecule has 0 bridgehead atoms. The molecule has 0 aliphatic heterocycles. The number of aliphatic carboxylic acids is 1. The van der Waals surface area contributed by atoms with E-state index >= 15 is 0 Å². The van der Waals surface area contributed by atoms with E-state index in [-0.39, 0.29) is 13.1 Å². The minimum atomic E-state index is -1.98. The molecule has 2 rings (SSSR count). The maximum Gasteiger partial charge on any atom is 0.337 e. The molecule has 106 valence electrons. The lowest BCUT2D eigenvalue weighted by atomic mass is 10.1. The first-order valence-electron chi connectivity index (χ1n) is 6.02. The van der Waals surface area contributed by atoms with Gasteiger partial charge in [0, 0.05) is 0 Å². The van der Waals surface area contributed by atoms with Gasteiger partial charge in [0.25, 0.3) is 0 Å². The molecule has 0 saturated heterocycles. The maximum atomic E-state index is 11.8. The summed E-state index contributed by atoms with van der Waals surface area (Å²) >= 11 is 0. The lowest BCUT2D eigenvalue weighted by Crippen LogP contribution is -2.47. The number of nitrogens with one attached hydrogen (secondary N) is 1. The van der Waals surface area contributed by atoms with Crippen molar-refractivity contribution < 1.29 is 19.8 Å². The predicted octanol–water partition coefficient (Wildman–Crippen LogP) is -0.0119. The van der Waals surface area contributed by atoms with Crippen molar-refractivity contribution in [3.05, 3.63) is 30.6 Å². The lowest BCUT2D eigenvalue weighted by Gasteiger charge is -2.18. The summed E-state index contributed by atoms with van der Waals surface area (Å²) in [5.41, 5.74) is -0.391. The van der Waals surface area contributed by atoms with E-state index in [4.69, 9.17) is 5.11 Å². The summed E-state index contributed by atoms with van der Waals surface area (Å²) in [5, 5.41) is 20.6. The zero-order valence-corrected chi connectivity index (χ0v) is 10.9. The maximum absolute atomic E-state index is 11.8. The Bertz CT molecular complexity index is 648. The van der Waals surface area contributed by atoms with Crippen LogP contribution in [0.4, 0.5) is 0 Å². The summed E-state index contributed by atoms with van der Waals surface area (Å²) in [6.45, 7) is 0.784. The highest BCUT2D eigenvalue weighted by Crippen LogP contribution is 2.11. The third kappa shape index (κ3) is 2.94. The molecule has 1 aromatic heterocycles. The molecule has 7 nitrogen and oxygen atoms in total. The number of carbonyl (C=O) groups is 2. The molecule has 3 N–H and O–H groups in total. The summed E-state index contributed by atoms with van der Waals surface area (Å²) in [6, 6.07) is 7.36. The van der Waals surface area contributed by atoms with Gasteiger partial charge in [0.2, 0.25) is 5.91 Å². The van der Waals surface area contributed by atoms with Crippen molar-refractivity contribution in [2.24, 2.45) is 0 Å². The van der Waals surface area contributed by atoms with Crippen LogP contribution in [0.3, 0.4) is 0 Å². The molecule has 0 aliphatic rings. The number of nitrogens with zero attached hydrogens (tertiary/aromatic N) is 2. The van der Waals surface area contributed by atoms with Crippen LogP contribution in [0.1, 0.15) is 6.92 Å². The molecule has 1 amide bonds. The third-order valence-corrected chi connectivity index (χ3v) is 2.93. The molecule has 0 spiro atoms. The molecule has 0 saturated carbocycles. The summed E-state index contributed by atoms with van der Waals surface area (Å²) < 4.78 is 1.65. The highest BCUT2D eigenvalue weighted by Gasteiger charge is 2.30. The standard InChI is InChI=1S/C13H15N3O4/c1-13(20,12(18)19)7-14-11(17)6-16-8-15-9-4-2-3-5-10(9)16/h2-5,8,20H,6-7H2,1H3,(H,14,17)(H,18,19). The van der Waals surface area contributed by atoms with Gasteiger partial charge in [-0.2, -0.15) is 0 Å². The van der Waals surface area contributed by atoms with Gasteiger partial charge >= 0.3 is 5.97 Å². The van der Waals surface area contributed by atoms with Crippen molar-refractivity contribution in [3.63, 3.8) is 0 Å². The van der Waals surface area contributed by atoms with Gasteiger partial charge in [-0.3, -0.25) is 4.79 Å². The molecule has 0 fully saturated rings. The second kappa shape index (κ2) is 5.30. The molecular weight excluding hydrogens is 262 g/mol. The summed E-state index contributed by atoms with van der Waals surface area (Å²) in [7, 11) is 0. The number of hydrogen-bond donors (Lipinski definition) is 3. The van der Waals surface area contributed by atoms with Crippen LogP contribution < -0.4 is 5.32 Å². The van der Waals surface area contributed by atoms with Crippen molar-refractivity contribution in [3.8, 4) is 0 Å². The predicted molar refractivity (Wildman–Crippen MR) is 71.0 cm³/mol. The van der Waals surface area contributed by atoms with Crippen molar-refractivity contribution >= 4 is 22.9 Å². The van der Waals surface area contributed by atoms with Crippen molar-refractivity contribution in [2.45, 2.75) is 19.1 Å². The van der Waals surface area contributed by atoms with Gasteiger partial charge < -0.3 is 20.1 Å². The second-order valence-corrected chi connectivity index (χ2v) is 4.72. The number of carboxylic acids is 1. The summed E-state index contributed by atoms with van der Waals surface area (Å²) in [5.74, 6) is -1.78. The Morgan fingerprint density at radius 3 is 2.80 bits per heavy atom. The highest BCUT2D eigenvalue weighted by atomic mass is 16.4. The first-order valence-corrected chi connectivity index (χ1v) is 6.02. The number of amides is 1. The fraction of sp³-hybridized carbons (Fsp3) is 0.308. The average Bonchev–Trinajstić information content (AvgIpc) is 2.80. The number of benzene rings is 1. The van der Waals surface area contributed by atoms with Crippen molar-refractivity contribution in [1.29, 1.82) is 0 Å². The number of carboxylic acid groups (broad SMARTS) is 1. The zero-order chi connectivity index (χ0) is 14.8. The zero-order valence-electron chi connectivity index (χ0n) is 10.9. The van der Waals surface area contributed by atoms with E-state index < -0.39 is 17.5 Å². The van der Waals surface area contributed by atoms with Crippen LogP contribution in [0.2, 0.25) is 0 Å². The van der Waals surface area contributed by atoms with E-state index in [0.717, 1.165) is 18.0 Å². The minimum Gasteiger partial charge on any atom is -0.479 e. The molecular formula is C13H15N3O4. The number of aromatic nitrogens is 2. The monoisotopic (exact) mass is 277 g/mol. The summed E-state index contributed by atoms with van der Waals surface area (Å²) in [6.07, 6.45) is 1.54. The molecule has 2 aromatic rings. The smallest absolute Gasteiger partial charge is 0.337 e. The SMILES string of the molecule is CC(O)(CNC(=O)Cn1cnc2ccccc21)C(=O)O. The van der Waals surface area contributed by atoms with E-state index in [1.807, 2.05) is 24.3 Å². The molecule has 1 atom stereocenters. The van der Waals surface area contributed by atoms with Crippen LogP contribution in [0.25, 0.3) is 11.0 Å². The van der Waals surface area contributed by atoms with Crippen LogP contribution >= 0.6 is 0 Å². The van der Waals surface area contributed by atoms with E-state index in [9.17, 15) is 14.7 Å². The van der Waals surface area contributed by atoms with E-state index in [1.54, 1.807) is 10.9 Å². The number of imidazole rings is 1. The Hall–Kier alpha value is -2.41. The topological polar surface area (TPSA) is 104 Å². The van der Waals surface area contributed by atoms with Crippen LogP contribution in [0, 0.1) is 0 Å². The molecule has 20 heavy (non-hydrogen) atoms. The van der Waals surface area contributed by atoms with Gasteiger partial charge in [-0.05, 0) is 19.1 Å². The molecule has 0 radical (unpaired) electrons. The molecule has 1 aromatic carbocycles. The van der Waals surface area contributed by atoms with Gasteiger partial charge in [-0.25, -0.2) is 9.78 Å². The second-order valence-electron chi connectivity index (χ2n) is 4.72. The highest BCUT2D eigenvalue weighted by molar-refractivity contribution is 5.82. The number of fused-ring (bicyclic) bond motifs is 1. The Kier molecular flexibility index (Phi) is 3.71. The van der Waals surface area contributed by atoms with Gasteiger partial charge in [-0.1, -0.05) is 12.1 Å². The van der Waals surface area contributed by atoms with Gasteiger partial charge in [0.05, 0.1) is 23.9 Å². The Morgan fingerprint density at radius 2 is 2.10 bits per heavy atom. The largest absolute Gasteiger partial charge is 0.479 e. The van der Waals surface area contributed by atoms with Gasteiger partial charge in [0.1, 0.15) is 6.54 Å². The van der Waals surface area contributed by atoms with Crippen molar-refractivity contribution in [1.82, 2.24) is 14.9 Å². The van der Waals surface area contributed by atoms with Crippen LogP contribution in [0.5, 0.6) is 0 Å². The first kappa shape index (κ1) is 14.0. The molecule has 1 heterocycles. The van der Waals surface area contributed by atoms with E-state index in [1.165, 1.54) is 0 Å². The Morgan fingerprint density at radius 1 is 1.40 bits per heavy atom. The van der Waals surface area contributed by atoms with Crippen LogP contribution in [0.15, 0.2) is 30.6 Å². The van der Waals surface area contributed by atoms with Crippen LogP contribution in [-0.4, -0.2) is 43.8 Å². The number of para-hydroxylation sites is 2. The van der Waals surface area contributed by atoms with Gasteiger partial charge in [0.15, 0.2) is 5.60 Å². The minimum absolute atomic E-state index is 0.0101. The molecule has 7 heteroatoms. The van der Waals surface area contributed by atoms with E-state index in [2.05, 4.69) is 10.3 Å². The lowest BCUT2D eigenvalue weighted by molar-refractivity contribution is -0.156. The Labute approximate surface area is 114 Å². The van der Waals surface area contributed by atoms with E-state index in [0.29, 0.717) is 0 Å². The number of hydrogen-bond acceptors (Lipinski definition) is 4. The third-order valence-electron chi connectivity index (χ3n) is 2.93. The normalized spacial score (nSPS) is 13.9. The molecule has 0 aliphatic carbocycles. The van der Waals surface area contributed by atoms with Crippen LogP contribution in [-0.2, 0) is 16.1 Å². The molecule has 1 unspecified atom stereocenters. The fourth-order valence-corrected chi connectivity index (χ4v) is 1.69. The number of carbonyl (C=O) groups excluding carboxylic acids is 1. The fourth-order valence-electron chi connectivity index (χ4n) is 1.69. The Balaban J connectivity index is 2.00. The van der Waals surface area contributed by atoms with Crippen molar-refractivity contribution in [2.75, 3.05) is 6.54 Å². The quantitative estimate of drug-likeness (QED) is 0.713. The average molecular weight is 277 g/mol. The first-order chi connectivity index (χ1) is 9.40. The van der Waals surface area contributed by atoms with Gasteiger partial charge in [-0.15, -0.1) is 0 Å². The number of aliphatic hydroxyl groups is 1. The number of rotatable bonds is 5. The summed E-state index contributed by atoms with van der Waals surface area (Å²) in [4.78, 5) is 26.6.